The molecule has 1 aliphatic heterocycles. The number of hydrogen-bond acceptors (Lipinski definition) is 1. The van der Waals surface area contributed by atoms with Crippen molar-refractivity contribution in [3.63, 3.8) is 0 Å². The van der Waals surface area contributed by atoms with E-state index in [1.165, 1.54) is 51.5 Å². The fourth-order valence-electron chi connectivity index (χ4n) is 3.66. The van der Waals surface area contributed by atoms with Crippen LogP contribution in [0.5, 0.6) is 0 Å². The summed E-state index contributed by atoms with van der Waals surface area (Å²) < 4.78 is 0. The van der Waals surface area contributed by atoms with E-state index in [1.807, 2.05) is 0 Å². The summed E-state index contributed by atoms with van der Waals surface area (Å²) in [6.07, 6.45) is 10.5. The summed E-state index contributed by atoms with van der Waals surface area (Å²) in [6.45, 7) is 1.29. The Morgan fingerprint density at radius 1 is 0.818 bits per heavy atom. The summed E-state index contributed by atoms with van der Waals surface area (Å²) >= 11 is 0. The van der Waals surface area contributed by atoms with E-state index in [1.54, 1.807) is 0 Å². The first kappa shape index (κ1) is 6.47. The van der Waals surface area contributed by atoms with E-state index in [0.717, 1.165) is 5.41 Å². The first-order valence-electron chi connectivity index (χ1n) is 5.12. The SMILES string of the molecule is C1CC2(C1)CCCC21CCN1. The Kier molecular flexibility index (Phi) is 1.07. The quantitative estimate of drug-likeness (QED) is 0.559. The summed E-state index contributed by atoms with van der Waals surface area (Å²) in [5.74, 6) is 0. The fraction of sp³-hybridized carbons (Fsp3) is 1.00. The van der Waals surface area contributed by atoms with Crippen molar-refractivity contribution >= 4 is 0 Å². The van der Waals surface area contributed by atoms with Crippen LogP contribution in [0.4, 0.5) is 0 Å². The van der Waals surface area contributed by atoms with Crippen molar-refractivity contribution in [3.05, 3.63) is 0 Å². The number of fused-ring (bicyclic) bond motifs is 1. The van der Waals surface area contributed by atoms with Gasteiger partial charge >= 0.3 is 0 Å². The average molecular weight is 151 g/mol. The molecule has 0 aromatic heterocycles. The zero-order chi connectivity index (χ0) is 7.36. The van der Waals surface area contributed by atoms with Gasteiger partial charge in [0.15, 0.2) is 0 Å². The summed E-state index contributed by atoms with van der Waals surface area (Å²) in [5.41, 5.74) is 1.45. The second-order valence-electron chi connectivity index (χ2n) is 4.75. The van der Waals surface area contributed by atoms with Crippen LogP contribution in [0.15, 0.2) is 0 Å². The molecule has 0 aromatic carbocycles. The lowest BCUT2D eigenvalue weighted by Crippen LogP contribution is -2.66. The smallest absolute Gasteiger partial charge is 0.0249 e. The number of rotatable bonds is 0. The monoisotopic (exact) mass is 151 g/mol. The van der Waals surface area contributed by atoms with E-state index in [0.29, 0.717) is 5.54 Å². The summed E-state index contributed by atoms with van der Waals surface area (Å²) in [5, 5.41) is 3.71. The van der Waals surface area contributed by atoms with Crippen molar-refractivity contribution in [3.8, 4) is 0 Å². The maximum absolute atomic E-state index is 3.71. The van der Waals surface area contributed by atoms with Crippen molar-refractivity contribution in [2.45, 2.75) is 50.5 Å². The topological polar surface area (TPSA) is 12.0 Å². The number of hydrogen-bond donors (Lipinski definition) is 1. The molecule has 2 aliphatic carbocycles. The van der Waals surface area contributed by atoms with Gasteiger partial charge in [-0.3, -0.25) is 0 Å². The minimum Gasteiger partial charge on any atom is -0.311 e. The van der Waals surface area contributed by atoms with Gasteiger partial charge in [-0.05, 0) is 44.1 Å². The fourth-order valence-corrected chi connectivity index (χ4v) is 3.66. The molecule has 1 heterocycles. The highest BCUT2D eigenvalue weighted by molar-refractivity contribution is 5.16. The third-order valence-corrected chi connectivity index (χ3v) is 4.60. The Labute approximate surface area is 68.6 Å². The molecular formula is C10H17N. The Morgan fingerprint density at radius 2 is 1.45 bits per heavy atom. The molecule has 3 aliphatic rings. The highest BCUT2D eigenvalue weighted by Gasteiger charge is 2.59. The van der Waals surface area contributed by atoms with Crippen molar-refractivity contribution in [1.82, 2.24) is 5.32 Å². The van der Waals surface area contributed by atoms with Gasteiger partial charge in [-0.1, -0.05) is 12.8 Å². The van der Waals surface area contributed by atoms with Crippen LogP contribution >= 0.6 is 0 Å². The molecule has 3 rings (SSSR count). The van der Waals surface area contributed by atoms with Gasteiger partial charge in [0, 0.05) is 5.54 Å². The molecule has 1 unspecified atom stereocenters. The Balaban J connectivity index is 1.91. The van der Waals surface area contributed by atoms with Gasteiger partial charge < -0.3 is 5.32 Å². The van der Waals surface area contributed by atoms with Gasteiger partial charge in [-0.2, -0.15) is 0 Å². The van der Waals surface area contributed by atoms with Gasteiger partial charge in [0.05, 0.1) is 0 Å². The molecule has 0 amide bonds. The van der Waals surface area contributed by atoms with Gasteiger partial charge in [0.25, 0.3) is 0 Å². The molecule has 1 heteroatoms. The largest absolute Gasteiger partial charge is 0.311 e. The third kappa shape index (κ3) is 0.581. The molecule has 2 spiro atoms. The van der Waals surface area contributed by atoms with E-state index in [9.17, 15) is 0 Å². The van der Waals surface area contributed by atoms with Crippen LogP contribution in [-0.4, -0.2) is 12.1 Å². The zero-order valence-electron chi connectivity index (χ0n) is 7.16. The van der Waals surface area contributed by atoms with E-state index in [2.05, 4.69) is 5.32 Å². The molecule has 11 heavy (non-hydrogen) atoms. The van der Waals surface area contributed by atoms with Gasteiger partial charge in [-0.25, -0.2) is 0 Å². The normalized spacial score (nSPS) is 45.8. The molecule has 1 N–H and O–H groups in total. The van der Waals surface area contributed by atoms with E-state index < -0.39 is 0 Å². The summed E-state index contributed by atoms with van der Waals surface area (Å²) in [4.78, 5) is 0. The highest BCUT2D eigenvalue weighted by Crippen LogP contribution is 2.61. The lowest BCUT2D eigenvalue weighted by Gasteiger charge is -2.58. The van der Waals surface area contributed by atoms with Gasteiger partial charge in [0.1, 0.15) is 0 Å². The van der Waals surface area contributed by atoms with Crippen LogP contribution < -0.4 is 5.32 Å². The minimum atomic E-state index is 0.658. The molecule has 2 saturated carbocycles. The second kappa shape index (κ2) is 1.82. The predicted molar refractivity (Wildman–Crippen MR) is 45.5 cm³/mol. The molecule has 0 aromatic rings. The molecule has 0 radical (unpaired) electrons. The minimum absolute atomic E-state index is 0.658. The van der Waals surface area contributed by atoms with Gasteiger partial charge in [0.2, 0.25) is 0 Å². The molecule has 1 saturated heterocycles. The third-order valence-electron chi connectivity index (χ3n) is 4.60. The summed E-state index contributed by atoms with van der Waals surface area (Å²) in [7, 11) is 0. The first-order chi connectivity index (χ1) is 5.37. The van der Waals surface area contributed by atoms with Crippen LogP contribution in [0.1, 0.15) is 44.9 Å². The second-order valence-corrected chi connectivity index (χ2v) is 4.75. The van der Waals surface area contributed by atoms with Gasteiger partial charge in [-0.15, -0.1) is 0 Å². The predicted octanol–water partition coefficient (Wildman–Crippen LogP) is 2.07. The Bertz CT molecular complexity index is 157. The molecule has 0 bridgehead atoms. The van der Waals surface area contributed by atoms with Crippen LogP contribution in [0.25, 0.3) is 0 Å². The van der Waals surface area contributed by atoms with Crippen molar-refractivity contribution < 1.29 is 0 Å². The molecule has 3 fully saturated rings. The maximum atomic E-state index is 3.71. The maximum Gasteiger partial charge on any atom is 0.0249 e. The number of nitrogens with one attached hydrogen (secondary N) is 1. The lowest BCUT2D eigenvalue weighted by atomic mass is 9.55. The van der Waals surface area contributed by atoms with E-state index >= 15 is 0 Å². The first-order valence-corrected chi connectivity index (χ1v) is 5.12. The Hall–Kier alpha value is -0.0400. The van der Waals surface area contributed by atoms with E-state index in [-0.39, 0.29) is 0 Å². The van der Waals surface area contributed by atoms with Crippen LogP contribution in [0.2, 0.25) is 0 Å². The van der Waals surface area contributed by atoms with Crippen molar-refractivity contribution in [2.24, 2.45) is 5.41 Å². The highest BCUT2D eigenvalue weighted by atomic mass is 15.1. The van der Waals surface area contributed by atoms with Crippen LogP contribution in [0, 0.1) is 5.41 Å². The molecule has 1 atom stereocenters. The van der Waals surface area contributed by atoms with Crippen molar-refractivity contribution in [1.29, 1.82) is 0 Å². The summed E-state index contributed by atoms with van der Waals surface area (Å²) in [6, 6.07) is 0. The molecule has 1 nitrogen and oxygen atoms in total. The standard InChI is InChI=1S/C10H17N/c1-3-9(4-1)5-2-6-10(9)7-8-11-10/h11H,1-8H2. The molecule has 62 valence electrons. The average Bonchev–Trinajstić information content (AvgIpc) is 2.21. The van der Waals surface area contributed by atoms with E-state index in [4.69, 9.17) is 0 Å². The lowest BCUT2D eigenvalue weighted by molar-refractivity contribution is -0.0158. The van der Waals surface area contributed by atoms with Crippen molar-refractivity contribution in [2.75, 3.05) is 6.54 Å². The Morgan fingerprint density at radius 3 is 1.82 bits per heavy atom. The van der Waals surface area contributed by atoms with Crippen LogP contribution in [-0.2, 0) is 0 Å². The van der Waals surface area contributed by atoms with Crippen LogP contribution in [0.3, 0.4) is 0 Å². The molecular weight excluding hydrogens is 134 g/mol. The zero-order valence-corrected chi connectivity index (χ0v) is 7.16.